The number of carbonyl (C=O) groups excluding carboxylic acids is 1. The first-order chi connectivity index (χ1) is 10.7. The minimum atomic E-state index is -0.401. The zero-order valence-electron chi connectivity index (χ0n) is 12.7. The maximum atomic E-state index is 12.0. The van der Waals surface area contributed by atoms with Crippen LogP contribution in [0.15, 0.2) is 24.3 Å². The summed E-state index contributed by atoms with van der Waals surface area (Å²) in [5.74, 6) is 0.339. The lowest BCUT2D eigenvalue weighted by Crippen LogP contribution is -2.40. The Kier molecular flexibility index (Phi) is 3.89. The van der Waals surface area contributed by atoms with Gasteiger partial charge in [0.15, 0.2) is 5.82 Å². The number of aromatic nitrogens is 4. The summed E-state index contributed by atoms with van der Waals surface area (Å²) in [5, 5.41) is 15.5. The van der Waals surface area contributed by atoms with Gasteiger partial charge in [-0.15, -0.1) is 5.10 Å². The second-order valence-corrected chi connectivity index (χ2v) is 5.46. The summed E-state index contributed by atoms with van der Waals surface area (Å²) in [6.07, 6.45) is 4.22. The van der Waals surface area contributed by atoms with Crippen molar-refractivity contribution in [3.63, 3.8) is 0 Å². The molecule has 2 aromatic rings. The van der Waals surface area contributed by atoms with Gasteiger partial charge < -0.3 is 10.1 Å². The van der Waals surface area contributed by atoms with E-state index in [1.54, 1.807) is 16.8 Å². The molecule has 0 amide bonds. The zero-order valence-corrected chi connectivity index (χ0v) is 12.7. The van der Waals surface area contributed by atoms with E-state index in [1.165, 1.54) is 7.11 Å². The van der Waals surface area contributed by atoms with Crippen LogP contribution in [0, 0.1) is 0 Å². The Morgan fingerprint density at radius 3 is 2.73 bits per heavy atom. The van der Waals surface area contributed by atoms with E-state index < -0.39 is 5.97 Å². The quantitative estimate of drug-likeness (QED) is 0.861. The molecule has 7 heteroatoms. The van der Waals surface area contributed by atoms with Crippen molar-refractivity contribution in [3.8, 4) is 5.69 Å². The first kappa shape index (κ1) is 14.6. The van der Waals surface area contributed by atoms with Crippen molar-refractivity contribution in [2.24, 2.45) is 0 Å². The summed E-state index contributed by atoms with van der Waals surface area (Å²) in [5.41, 5.74) is 0.839. The minimum Gasteiger partial charge on any atom is -0.465 e. The van der Waals surface area contributed by atoms with Crippen LogP contribution in [0.1, 0.15) is 41.9 Å². The van der Waals surface area contributed by atoms with Crippen molar-refractivity contribution >= 4 is 5.97 Å². The average Bonchev–Trinajstić information content (AvgIpc) is 3.23. The predicted molar refractivity (Wildman–Crippen MR) is 79.7 cm³/mol. The molecule has 7 nitrogen and oxygen atoms in total. The van der Waals surface area contributed by atoms with Crippen LogP contribution in [0.5, 0.6) is 0 Å². The Bertz CT molecular complexity index is 676. The van der Waals surface area contributed by atoms with E-state index in [2.05, 4.69) is 20.8 Å². The van der Waals surface area contributed by atoms with Gasteiger partial charge in [0.2, 0.25) is 0 Å². The van der Waals surface area contributed by atoms with Gasteiger partial charge in [-0.05, 0) is 42.4 Å². The third kappa shape index (κ3) is 2.27. The highest BCUT2D eigenvalue weighted by atomic mass is 16.5. The molecule has 0 radical (unpaired) electrons. The lowest BCUT2D eigenvalue weighted by atomic mass is 9.96. The summed E-state index contributed by atoms with van der Waals surface area (Å²) in [6, 6.07) is 7.19. The van der Waals surface area contributed by atoms with Crippen LogP contribution in [0.3, 0.4) is 0 Å². The largest absolute Gasteiger partial charge is 0.465 e. The van der Waals surface area contributed by atoms with Crippen molar-refractivity contribution in [2.45, 2.75) is 31.2 Å². The van der Waals surface area contributed by atoms with Gasteiger partial charge in [-0.25, -0.2) is 4.79 Å². The molecule has 1 N–H and O–H groups in total. The van der Waals surface area contributed by atoms with E-state index in [4.69, 9.17) is 4.74 Å². The lowest BCUT2D eigenvalue weighted by Gasteiger charge is -2.27. The van der Waals surface area contributed by atoms with Crippen LogP contribution >= 0.6 is 0 Å². The highest BCUT2D eigenvalue weighted by Gasteiger charge is 2.39. The fourth-order valence-electron chi connectivity index (χ4n) is 3.15. The molecule has 0 spiro atoms. The highest BCUT2D eigenvalue weighted by molar-refractivity contribution is 5.93. The molecule has 0 aliphatic heterocycles. The summed E-state index contributed by atoms with van der Waals surface area (Å²) in [7, 11) is 3.29. The van der Waals surface area contributed by atoms with E-state index in [0.717, 1.165) is 31.5 Å². The molecular formula is C15H19N5O2. The van der Waals surface area contributed by atoms with Crippen LogP contribution in [-0.4, -0.2) is 40.3 Å². The Labute approximate surface area is 128 Å². The summed E-state index contributed by atoms with van der Waals surface area (Å²) < 4.78 is 6.50. The topological polar surface area (TPSA) is 81.9 Å². The molecule has 1 aliphatic rings. The Hall–Kier alpha value is -2.28. The molecule has 1 aromatic heterocycles. The number of hydrogen-bond acceptors (Lipinski definition) is 6. The number of esters is 1. The smallest absolute Gasteiger partial charge is 0.340 e. The molecular weight excluding hydrogens is 282 g/mol. The molecule has 1 aromatic carbocycles. The van der Waals surface area contributed by atoms with Crippen molar-refractivity contribution < 1.29 is 9.53 Å². The van der Waals surface area contributed by atoms with E-state index in [0.29, 0.717) is 11.3 Å². The maximum Gasteiger partial charge on any atom is 0.340 e. The van der Waals surface area contributed by atoms with Crippen LogP contribution in [0.25, 0.3) is 5.69 Å². The minimum absolute atomic E-state index is 0.243. The average molecular weight is 301 g/mol. The van der Waals surface area contributed by atoms with Crippen LogP contribution < -0.4 is 5.32 Å². The monoisotopic (exact) mass is 301 g/mol. The molecule has 0 unspecified atom stereocenters. The van der Waals surface area contributed by atoms with Gasteiger partial charge in [-0.1, -0.05) is 25.0 Å². The third-order valence-electron chi connectivity index (χ3n) is 4.37. The van der Waals surface area contributed by atoms with Gasteiger partial charge in [0, 0.05) is 0 Å². The summed E-state index contributed by atoms with van der Waals surface area (Å²) >= 11 is 0. The van der Waals surface area contributed by atoms with Gasteiger partial charge in [-0.2, -0.15) is 4.68 Å². The Morgan fingerprint density at radius 2 is 2.05 bits per heavy atom. The van der Waals surface area contributed by atoms with Gasteiger partial charge >= 0.3 is 5.97 Å². The van der Waals surface area contributed by atoms with Crippen molar-refractivity contribution in [3.05, 3.63) is 35.7 Å². The number of ether oxygens (including phenoxy) is 1. The number of rotatable bonds is 4. The molecule has 3 rings (SSSR count). The van der Waals surface area contributed by atoms with Crippen molar-refractivity contribution in [2.75, 3.05) is 14.2 Å². The molecule has 116 valence electrons. The van der Waals surface area contributed by atoms with Crippen LogP contribution in [0.2, 0.25) is 0 Å². The number of methoxy groups -OCH3 is 1. The number of carbonyl (C=O) groups is 1. The number of nitrogens with zero attached hydrogens (tertiary/aromatic N) is 4. The highest BCUT2D eigenvalue weighted by Crippen LogP contribution is 2.37. The van der Waals surface area contributed by atoms with Gasteiger partial charge in [0.1, 0.15) is 0 Å². The standard InChI is InChI=1S/C15H19N5O2/c1-16-15(9-5-6-10-15)14-17-18-19-20(14)12-8-4-3-7-11(12)13(21)22-2/h3-4,7-8,16H,5-6,9-10H2,1-2H3. The summed E-state index contributed by atoms with van der Waals surface area (Å²) in [4.78, 5) is 12.0. The Morgan fingerprint density at radius 1 is 1.32 bits per heavy atom. The molecule has 22 heavy (non-hydrogen) atoms. The molecule has 0 saturated heterocycles. The van der Waals surface area contributed by atoms with Crippen molar-refractivity contribution in [1.29, 1.82) is 0 Å². The third-order valence-corrected chi connectivity index (χ3v) is 4.37. The number of para-hydroxylation sites is 1. The van der Waals surface area contributed by atoms with Gasteiger partial charge in [0.25, 0.3) is 0 Å². The second kappa shape index (κ2) is 5.84. The maximum absolute atomic E-state index is 12.0. The molecule has 1 aliphatic carbocycles. The molecule has 1 saturated carbocycles. The van der Waals surface area contributed by atoms with Gasteiger partial charge in [-0.3, -0.25) is 0 Å². The summed E-state index contributed by atoms with van der Waals surface area (Å²) in [6.45, 7) is 0. The number of tetrazole rings is 1. The fourth-order valence-corrected chi connectivity index (χ4v) is 3.15. The van der Waals surface area contributed by atoms with Gasteiger partial charge in [0.05, 0.1) is 23.9 Å². The van der Waals surface area contributed by atoms with E-state index in [9.17, 15) is 4.79 Å². The zero-order chi connectivity index (χ0) is 15.6. The fraction of sp³-hybridized carbons (Fsp3) is 0.467. The molecule has 0 atom stereocenters. The Balaban J connectivity index is 2.12. The first-order valence-corrected chi connectivity index (χ1v) is 7.37. The second-order valence-electron chi connectivity index (χ2n) is 5.46. The molecule has 1 heterocycles. The SMILES string of the molecule is CNC1(c2nnnn2-c2ccccc2C(=O)OC)CCCC1. The van der Waals surface area contributed by atoms with E-state index in [1.807, 2.05) is 19.2 Å². The molecule has 0 bridgehead atoms. The number of hydrogen-bond donors (Lipinski definition) is 1. The van der Waals surface area contributed by atoms with Crippen LogP contribution in [0.4, 0.5) is 0 Å². The van der Waals surface area contributed by atoms with E-state index >= 15 is 0 Å². The first-order valence-electron chi connectivity index (χ1n) is 7.37. The lowest BCUT2D eigenvalue weighted by molar-refractivity contribution is 0.0600. The van der Waals surface area contributed by atoms with Crippen molar-refractivity contribution in [1.82, 2.24) is 25.5 Å². The number of nitrogens with one attached hydrogen (secondary N) is 1. The van der Waals surface area contributed by atoms with E-state index in [-0.39, 0.29) is 5.54 Å². The number of benzene rings is 1. The predicted octanol–water partition coefficient (Wildman–Crippen LogP) is 1.44. The normalized spacial score (nSPS) is 16.6. The molecule has 1 fully saturated rings. The van der Waals surface area contributed by atoms with Crippen LogP contribution in [-0.2, 0) is 10.3 Å².